The molecule has 0 amide bonds. The molecule has 0 N–H and O–H groups in total. The van der Waals surface area contributed by atoms with Gasteiger partial charge in [-0.1, -0.05) is 37.9 Å². The van der Waals surface area contributed by atoms with Gasteiger partial charge in [-0.2, -0.15) is 0 Å². The van der Waals surface area contributed by atoms with E-state index in [4.69, 9.17) is 23.2 Å². The topological polar surface area (TPSA) is 0 Å². The van der Waals surface area contributed by atoms with E-state index in [1.807, 2.05) is 0 Å². The van der Waals surface area contributed by atoms with E-state index in [1.54, 1.807) is 13.0 Å². The molecule has 0 aliphatic rings. The predicted octanol–water partition coefficient (Wildman–Crippen LogP) is 5.50. The van der Waals surface area contributed by atoms with Gasteiger partial charge in [0.2, 0.25) is 0 Å². The number of rotatable bonds is 4. The summed E-state index contributed by atoms with van der Waals surface area (Å²) in [4.78, 5) is 0. The van der Waals surface area contributed by atoms with E-state index in [1.165, 1.54) is 6.07 Å². The van der Waals surface area contributed by atoms with Gasteiger partial charge in [-0.15, -0.1) is 11.6 Å². The first-order valence-electron chi connectivity index (χ1n) is 5.57. The average molecular weight is 263 g/mol. The maximum absolute atomic E-state index is 13.2. The lowest BCUT2D eigenvalue weighted by molar-refractivity contribution is 0.506. The van der Waals surface area contributed by atoms with Crippen molar-refractivity contribution in [2.24, 2.45) is 5.92 Å². The highest BCUT2D eigenvalue weighted by Gasteiger charge is 2.19. The molecule has 90 valence electrons. The fraction of sp³-hybridized carbons (Fsp3) is 0.538. The molecular weight excluding hydrogens is 246 g/mol. The standard InChI is InChI=1S/C13H17Cl2F/c1-4-5-8(2)13(15)10-6-9(3)12(16)7-11(10)14/h6-8,13H,4-5H2,1-3H3. The second-order valence-corrected chi connectivity index (χ2v) is 5.17. The van der Waals surface area contributed by atoms with Crippen LogP contribution in [0.2, 0.25) is 5.02 Å². The first-order valence-corrected chi connectivity index (χ1v) is 6.38. The largest absolute Gasteiger partial charge is 0.207 e. The number of halogens is 3. The number of hydrogen-bond acceptors (Lipinski definition) is 0. The van der Waals surface area contributed by atoms with Crippen molar-refractivity contribution < 1.29 is 4.39 Å². The van der Waals surface area contributed by atoms with Crippen molar-refractivity contribution in [2.45, 2.75) is 39.0 Å². The third kappa shape index (κ3) is 3.11. The smallest absolute Gasteiger partial charge is 0.127 e. The number of alkyl halides is 1. The summed E-state index contributed by atoms with van der Waals surface area (Å²) in [5, 5.41) is 0.276. The Morgan fingerprint density at radius 3 is 2.56 bits per heavy atom. The molecule has 0 heterocycles. The summed E-state index contributed by atoms with van der Waals surface area (Å²) in [7, 11) is 0. The second-order valence-electron chi connectivity index (χ2n) is 4.29. The Hall–Kier alpha value is -0.270. The maximum Gasteiger partial charge on any atom is 0.127 e. The summed E-state index contributed by atoms with van der Waals surface area (Å²) < 4.78 is 13.2. The summed E-state index contributed by atoms with van der Waals surface area (Å²) in [5.74, 6) is 0.0646. The Kier molecular flexibility index (Phi) is 5.07. The van der Waals surface area contributed by atoms with Crippen molar-refractivity contribution >= 4 is 23.2 Å². The molecular formula is C13H17Cl2F. The Morgan fingerprint density at radius 2 is 2.00 bits per heavy atom. The molecule has 1 aromatic rings. The number of hydrogen-bond donors (Lipinski definition) is 0. The van der Waals surface area contributed by atoms with E-state index in [-0.39, 0.29) is 11.2 Å². The monoisotopic (exact) mass is 262 g/mol. The minimum absolute atomic E-state index is 0.147. The third-order valence-electron chi connectivity index (χ3n) is 2.82. The Morgan fingerprint density at radius 1 is 1.38 bits per heavy atom. The molecule has 0 aliphatic carbocycles. The molecule has 0 aliphatic heterocycles. The molecule has 0 radical (unpaired) electrons. The van der Waals surface area contributed by atoms with Gasteiger partial charge in [0, 0.05) is 5.02 Å². The lowest BCUT2D eigenvalue weighted by Crippen LogP contribution is -2.05. The minimum atomic E-state index is -0.277. The molecule has 0 nitrogen and oxygen atoms in total. The predicted molar refractivity (Wildman–Crippen MR) is 68.8 cm³/mol. The first kappa shape index (κ1) is 13.8. The SMILES string of the molecule is CCCC(C)C(Cl)c1cc(C)c(F)cc1Cl. The maximum atomic E-state index is 13.2. The molecule has 1 aromatic carbocycles. The van der Waals surface area contributed by atoms with Gasteiger partial charge in [0.1, 0.15) is 5.82 Å². The second kappa shape index (κ2) is 5.88. The van der Waals surface area contributed by atoms with Crippen LogP contribution in [0.25, 0.3) is 0 Å². The van der Waals surface area contributed by atoms with Crippen LogP contribution in [-0.2, 0) is 0 Å². The van der Waals surface area contributed by atoms with E-state index in [0.29, 0.717) is 16.5 Å². The molecule has 0 fully saturated rings. The van der Waals surface area contributed by atoms with E-state index >= 15 is 0 Å². The molecule has 2 atom stereocenters. The highest BCUT2D eigenvalue weighted by molar-refractivity contribution is 6.32. The van der Waals surface area contributed by atoms with Crippen LogP contribution in [0.15, 0.2) is 12.1 Å². The lowest BCUT2D eigenvalue weighted by Gasteiger charge is -2.19. The normalized spacial score (nSPS) is 14.9. The van der Waals surface area contributed by atoms with E-state index < -0.39 is 0 Å². The van der Waals surface area contributed by atoms with Crippen molar-refractivity contribution in [2.75, 3.05) is 0 Å². The quantitative estimate of drug-likeness (QED) is 0.629. The zero-order valence-corrected chi connectivity index (χ0v) is 11.4. The van der Waals surface area contributed by atoms with E-state index in [0.717, 1.165) is 18.4 Å². The molecule has 0 saturated carbocycles. The molecule has 0 spiro atoms. The van der Waals surface area contributed by atoms with Crippen LogP contribution in [-0.4, -0.2) is 0 Å². The van der Waals surface area contributed by atoms with Crippen LogP contribution < -0.4 is 0 Å². The number of aryl methyl sites for hydroxylation is 1. The highest BCUT2D eigenvalue weighted by Crippen LogP contribution is 2.36. The van der Waals surface area contributed by atoms with Crippen LogP contribution in [0, 0.1) is 18.7 Å². The molecule has 16 heavy (non-hydrogen) atoms. The van der Waals surface area contributed by atoms with Gasteiger partial charge in [-0.25, -0.2) is 4.39 Å². The van der Waals surface area contributed by atoms with Gasteiger partial charge in [0.25, 0.3) is 0 Å². The summed E-state index contributed by atoms with van der Waals surface area (Å²) in [6.07, 6.45) is 2.13. The summed E-state index contributed by atoms with van der Waals surface area (Å²) in [6, 6.07) is 3.10. The highest BCUT2D eigenvalue weighted by atomic mass is 35.5. The minimum Gasteiger partial charge on any atom is -0.207 e. The molecule has 1 rings (SSSR count). The number of benzene rings is 1. The molecule has 0 saturated heterocycles. The van der Waals surface area contributed by atoms with Gasteiger partial charge < -0.3 is 0 Å². The van der Waals surface area contributed by atoms with Gasteiger partial charge in [0.15, 0.2) is 0 Å². The fourth-order valence-corrected chi connectivity index (χ4v) is 2.43. The van der Waals surface area contributed by atoms with Crippen LogP contribution in [0.3, 0.4) is 0 Å². The molecule has 3 heteroatoms. The van der Waals surface area contributed by atoms with Gasteiger partial charge in [0.05, 0.1) is 5.38 Å². The lowest BCUT2D eigenvalue weighted by atomic mass is 9.95. The molecule has 2 unspecified atom stereocenters. The third-order valence-corrected chi connectivity index (χ3v) is 3.81. The van der Waals surface area contributed by atoms with Crippen LogP contribution in [0.1, 0.15) is 43.2 Å². The average Bonchev–Trinajstić information content (AvgIpc) is 2.23. The van der Waals surface area contributed by atoms with Gasteiger partial charge >= 0.3 is 0 Å². The first-order chi connectivity index (χ1) is 7.47. The summed E-state index contributed by atoms with van der Waals surface area (Å²) >= 11 is 12.4. The van der Waals surface area contributed by atoms with Crippen molar-refractivity contribution in [3.05, 3.63) is 34.1 Å². The Balaban J connectivity index is 2.99. The summed E-state index contributed by atoms with van der Waals surface area (Å²) in [6.45, 7) is 5.94. The van der Waals surface area contributed by atoms with Crippen LogP contribution in [0.4, 0.5) is 4.39 Å². The molecule has 0 aromatic heterocycles. The van der Waals surface area contributed by atoms with Crippen LogP contribution >= 0.6 is 23.2 Å². The van der Waals surface area contributed by atoms with Crippen molar-refractivity contribution in [3.63, 3.8) is 0 Å². The fourth-order valence-electron chi connectivity index (χ4n) is 1.80. The zero-order chi connectivity index (χ0) is 12.3. The summed E-state index contributed by atoms with van der Waals surface area (Å²) in [5.41, 5.74) is 1.43. The van der Waals surface area contributed by atoms with Crippen molar-refractivity contribution in [3.8, 4) is 0 Å². The zero-order valence-electron chi connectivity index (χ0n) is 9.86. The molecule has 0 bridgehead atoms. The van der Waals surface area contributed by atoms with E-state index in [2.05, 4.69) is 13.8 Å². The van der Waals surface area contributed by atoms with Crippen molar-refractivity contribution in [1.82, 2.24) is 0 Å². The van der Waals surface area contributed by atoms with Crippen LogP contribution in [0.5, 0.6) is 0 Å². The Bertz CT molecular complexity index is 363. The van der Waals surface area contributed by atoms with Gasteiger partial charge in [-0.3, -0.25) is 0 Å². The van der Waals surface area contributed by atoms with Crippen molar-refractivity contribution in [1.29, 1.82) is 0 Å². The van der Waals surface area contributed by atoms with E-state index in [9.17, 15) is 4.39 Å². The van der Waals surface area contributed by atoms with Gasteiger partial charge in [-0.05, 0) is 36.5 Å². The Labute approximate surface area is 107 Å².